The van der Waals surface area contributed by atoms with Gasteiger partial charge in [0.05, 0.1) is 16.8 Å². The van der Waals surface area contributed by atoms with Gasteiger partial charge in [0, 0.05) is 28.9 Å². The number of aromatic nitrogens is 1. The molecule has 0 unspecified atom stereocenters. The molecule has 4 aromatic rings. The molecule has 2 N–H and O–H groups in total. The molecule has 0 atom stereocenters. The Morgan fingerprint density at radius 2 is 1.62 bits per heavy atom. The molecule has 0 saturated carbocycles. The maximum absolute atomic E-state index is 15.0. The molecule has 160 valence electrons. The molecule has 0 aliphatic carbocycles. The van der Waals surface area contributed by atoms with E-state index in [1.807, 2.05) is 5.32 Å². The molecule has 4 rings (SSSR count). The Morgan fingerprint density at radius 1 is 0.812 bits per heavy atom. The molecule has 0 saturated heterocycles. The average molecular weight is 439 g/mol. The van der Waals surface area contributed by atoms with Crippen LogP contribution in [0.2, 0.25) is 0 Å². The van der Waals surface area contributed by atoms with Gasteiger partial charge < -0.3 is 10.6 Å². The van der Waals surface area contributed by atoms with E-state index in [1.54, 1.807) is 18.3 Å². The van der Waals surface area contributed by atoms with Crippen molar-refractivity contribution in [2.24, 2.45) is 0 Å². The molecule has 3 aromatic carbocycles. The Bertz CT molecular complexity index is 1370. The van der Waals surface area contributed by atoms with E-state index in [9.17, 15) is 27.2 Å². The van der Waals surface area contributed by atoms with Gasteiger partial charge in [-0.05, 0) is 42.5 Å². The Hall–Kier alpha value is -4.27. The number of urea groups is 1. The van der Waals surface area contributed by atoms with Gasteiger partial charge in [-0.25, -0.2) is 22.4 Å². The zero-order valence-electron chi connectivity index (χ0n) is 16.1. The molecule has 5 nitrogen and oxygen atoms in total. The van der Waals surface area contributed by atoms with Gasteiger partial charge >= 0.3 is 6.03 Å². The van der Waals surface area contributed by atoms with E-state index < -0.39 is 46.3 Å². The number of carbonyl (C=O) groups excluding carboxylic acids is 2. The zero-order valence-corrected chi connectivity index (χ0v) is 16.1. The van der Waals surface area contributed by atoms with Gasteiger partial charge in [0.2, 0.25) is 0 Å². The van der Waals surface area contributed by atoms with Crippen molar-refractivity contribution >= 4 is 34.1 Å². The predicted molar refractivity (Wildman–Crippen MR) is 111 cm³/mol. The van der Waals surface area contributed by atoms with Crippen LogP contribution in [0.1, 0.15) is 15.9 Å². The number of hydrogen-bond acceptors (Lipinski definition) is 3. The molecule has 0 bridgehead atoms. The van der Waals surface area contributed by atoms with E-state index in [1.165, 1.54) is 30.3 Å². The molecule has 1 aromatic heterocycles. The molecule has 0 aliphatic heterocycles. The molecule has 0 aliphatic rings. The number of nitrogens with one attached hydrogen (secondary N) is 2. The number of fused-ring (bicyclic) bond motifs is 1. The van der Waals surface area contributed by atoms with E-state index in [0.29, 0.717) is 17.0 Å². The van der Waals surface area contributed by atoms with Crippen molar-refractivity contribution in [3.8, 4) is 0 Å². The van der Waals surface area contributed by atoms with Crippen LogP contribution >= 0.6 is 0 Å². The molecular weight excluding hydrogens is 426 g/mol. The number of benzene rings is 3. The van der Waals surface area contributed by atoms with Gasteiger partial charge in [-0.1, -0.05) is 12.1 Å². The highest BCUT2D eigenvalue weighted by atomic mass is 19.2. The van der Waals surface area contributed by atoms with Gasteiger partial charge in [0.1, 0.15) is 5.82 Å². The quantitative estimate of drug-likeness (QED) is 0.245. The van der Waals surface area contributed by atoms with Crippen LogP contribution in [0.25, 0.3) is 10.9 Å². The summed E-state index contributed by atoms with van der Waals surface area (Å²) in [5.41, 5.74) is -1.41. The van der Waals surface area contributed by atoms with Crippen molar-refractivity contribution in [3.05, 3.63) is 101 Å². The standard InChI is InChI=1S/C23H13F4N3O2/c24-14-4-1-5-15(10-14)29-23(32)30-18-11-16(25)20(26)19(21(18)27)22(31)13-6-7-17-12(9-13)3-2-8-28-17/h1-11H,(H2,29,30,32). The SMILES string of the molecule is O=C(Nc1cccc(F)c1)Nc1cc(F)c(F)c(C(=O)c2ccc3ncccc3c2)c1F. The lowest BCUT2D eigenvalue weighted by molar-refractivity contribution is 0.103. The number of ketones is 1. The van der Waals surface area contributed by atoms with Crippen molar-refractivity contribution in [3.63, 3.8) is 0 Å². The Kier molecular flexibility index (Phi) is 5.55. The minimum Gasteiger partial charge on any atom is -0.308 e. The third-order valence-corrected chi connectivity index (χ3v) is 4.58. The first-order valence-electron chi connectivity index (χ1n) is 9.24. The number of pyridine rings is 1. The van der Waals surface area contributed by atoms with Crippen molar-refractivity contribution in [2.75, 3.05) is 10.6 Å². The summed E-state index contributed by atoms with van der Waals surface area (Å²) in [6, 6.07) is 11.7. The average Bonchev–Trinajstić information content (AvgIpc) is 2.77. The third kappa shape index (κ3) is 4.13. The van der Waals surface area contributed by atoms with Crippen LogP contribution < -0.4 is 10.6 Å². The fraction of sp³-hybridized carbons (Fsp3) is 0. The van der Waals surface area contributed by atoms with Gasteiger partial charge in [-0.15, -0.1) is 0 Å². The maximum atomic E-state index is 15.0. The molecule has 0 fully saturated rings. The van der Waals surface area contributed by atoms with Gasteiger partial charge in [-0.2, -0.15) is 0 Å². The normalized spacial score (nSPS) is 10.8. The van der Waals surface area contributed by atoms with Crippen LogP contribution in [0.5, 0.6) is 0 Å². The molecule has 32 heavy (non-hydrogen) atoms. The fourth-order valence-electron chi connectivity index (χ4n) is 3.11. The zero-order chi connectivity index (χ0) is 22.8. The number of nitrogens with zero attached hydrogens (tertiary/aromatic N) is 1. The summed E-state index contributed by atoms with van der Waals surface area (Å²) in [6.45, 7) is 0. The Morgan fingerprint density at radius 3 is 2.41 bits per heavy atom. The van der Waals surface area contributed by atoms with Gasteiger partial charge in [0.15, 0.2) is 23.2 Å². The van der Waals surface area contributed by atoms with Crippen LogP contribution in [0.3, 0.4) is 0 Å². The van der Waals surface area contributed by atoms with Crippen LogP contribution in [-0.2, 0) is 0 Å². The number of hydrogen-bond donors (Lipinski definition) is 2. The summed E-state index contributed by atoms with van der Waals surface area (Å²) < 4.78 is 56.8. The smallest absolute Gasteiger partial charge is 0.308 e. The summed E-state index contributed by atoms with van der Waals surface area (Å²) >= 11 is 0. The van der Waals surface area contributed by atoms with Crippen LogP contribution in [0.15, 0.2) is 66.9 Å². The van der Waals surface area contributed by atoms with Crippen LogP contribution in [0, 0.1) is 23.3 Å². The van der Waals surface area contributed by atoms with E-state index in [-0.39, 0.29) is 11.3 Å². The second-order valence-corrected chi connectivity index (χ2v) is 6.74. The summed E-state index contributed by atoms with van der Waals surface area (Å²) in [5, 5.41) is 4.78. The van der Waals surface area contributed by atoms with E-state index in [2.05, 4.69) is 10.3 Å². The summed E-state index contributed by atoms with van der Waals surface area (Å²) in [6.07, 6.45) is 1.54. The minimum atomic E-state index is -1.69. The molecule has 0 spiro atoms. The second kappa shape index (κ2) is 8.46. The minimum absolute atomic E-state index is 0.0477. The van der Waals surface area contributed by atoms with Crippen molar-refractivity contribution in [1.29, 1.82) is 0 Å². The first-order valence-corrected chi connectivity index (χ1v) is 9.24. The number of anilines is 2. The van der Waals surface area contributed by atoms with Gasteiger partial charge in [-0.3, -0.25) is 9.78 Å². The number of halogens is 4. The summed E-state index contributed by atoms with van der Waals surface area (Å²) in [5.74, 6) is -6.40. The van der Waals surface area contributed by atoms with Crippen molar-refractivity contribution in [2.45, 2.75) is 0 Å². The van der Waals surface area contributed by atoms with E-state index >= 15 is 0 Å². The first kappa shape index (κ1) is 21.0. The largest absolute Gasteiger partial charge is 0.323 e. The van der Waals surface area contributed by atoms with Gasteiger partial charge in [0.25, 0.3) is 0 Å². The van der Waals surface area contributed by atoms with E-state index in [0.717, 1.165) is 12.1 Å². The highest BCUT2D eigenvalue weighted by Gasteiger charge is 2.26. The van der Waals surface area contributed by atoms with Crippen molar-refractivity contribution < 1.29 is 27.2 Å². The molecule has 2 amide bonds. The molecular formula is C23H13F4N3O2. The molecule has 0 radical (unpaired) electrons. The fourth-order valence-corrected chi connectivity index (χ4v) is 3.11. The first-order chi connectivity index (χ1) is 15.3. The number of amides is 2. The topological polar surface area (TPSA) is 71.1 Å². The molecule has 1 heterocycles. The maximum Gasteiger partial charge on any atom is 0.323 e. The summed E-state index contributed by atoms with van der Waals surface area (Å²) in [4.78, 5) is 29.0. The Balaban J connectivity index is 1.66. The second-order valence-electron chi connectivity index (χ2n) is 6.74. The summed E-state index contributed by atoms with van der Waals surface area (Å²) in [7, 11) is 0. The number of rotatable bonds is 4. The lowest BCUT2D eigenvalue weighted by Crippen LogP contribution is -2.22. The monoisotopic (exact) mass is 439 g/mol. The lowest BCUT2D eigenvalue weighted by atomic mass is 9.99. The predicted octanol–water partition coefficient (Wildman–Crippen LogP) is 5.67. The Labute approximate surface area is 178 Å². The van der Waals surface area contributed by atoms with Crippen LogP contribution in [-0.4, -0.2) is 16.8 Å². The lowest BCUT2D eigenvalue weighted by Gasteiger charge is -2.12. The molecule has 9 heteroatoms. The highest BCUT2D eigenvalue weighted by Crippen LogP contribution is 2.27. The third-order valence-electron chi connectivity index (χ3n) is 4.58. The van der Waals surface area contributed by atoms with E-state index in [4.69, 9.17) is 0 Å². The number of carbonyl (C=O) groups is 2. The highest BCUT2D eigenvalue weighted by molar-refractivity contribution is 6.11. The van der Waals surface area contributed by atoms with Crippen molar-refractivity contribution in [1.82, 2.24) is 4.98 Å². The van der Waals surface area contributed by atoms with Crippen LogP contribution in [0.4, 0.5) is 33.7 Å².